The first kappa shape index (κ1) is 21.3. The van der Waals surface area contributed by atoms with Crippen LogP contribution in [0.3, 0.4) is 0 Å². The van der Waals surface area contributed by atoms with E-state index in [1.807, 2.05) is 0 Å². The summed E-state index contributed by atoms with van der Waals surface area (Å²) in [5.74, 6) is 9.85. The van der Waals surface area contributed by atoms with Crippen LogP contribution in [0.15, 0.2) is 0 Å². The molecule has 1 aliphatic rings. The van der Waals surface area contributed by atoms with Crippen LogP contribution in [-0.2, 0) is 9.47 Å². The van der Waals surface area contributed by atoms with Gasteiger partial charge in [0.2, 0.25) is 0 Å². The van der Waals surface area contributed by atoms with Crippen molar-refractivity contribution < 1.29 is 9.47 Å². The Morgan fingerprint density at radius 1 is 1.00 bits per heavy atom. The fourth-order valence-electron chi connectivity index (χ4n) is 2.16. The molecule has 3 heteroatoms. The van der Waals surface area contributed by atoms with Gasteiger partial charge in [0.1, 0.15) is 8.07 Å². The van der Waals surface area contributed by atoms with Crippen LogP contribution < -0.4 is 0 Å². The predicted molar refractivity (Wildman–Crippen MR) is 105 cm³/mol. The minimum atomic E-state index is -1.42. The maximum atomic E-state index is 5.66. The Labute approximate surface area is 151 Å². The van der Waals surface area contributed by atoms with Gasteiger partial charge >= 0.3 is 0 Å². The molecule has 0 radical (unpaired) electrons. The lowest BCUT2D eigenvalue weighted by atomic mass is 10.2. The molecular weight excluding hydrogens is 312 g/mol. The highest BCUT2D eigenvalue weighted by molar-refractivity contribution is 6.87. The minimum absolute atomic E-state index is 0.0139. The molecule has 136 valence electrons. The second-order valence-electron chi connectivity index (χ2n) is 8.15. The number of unbranched alkanes of at least 4 members (excludes halogenated alkanes) is 3. The maximum absolute atomic E-state index is 5.66. The van der Waals surface area contributed by atoms with Crippen molar-refractivity contribution in [3.63, 3.8) is 0 Å². The molecule has 1 aliphatic heterocycles. The van der Waals surface area contributed by atoms with E-state index in [1.165, 1.54) is 12.8 Å². The lowest BCUT2D eigenvalue weighted by Gasteiger charge is -2.31. The highest BCUT2D eigenvalue weighted by Gasteiger charge is 2.33. The molecule has 1 saturated heterocycles. The SMILES string of the molecule is CC(C)(C)[Si](C)(C)C#CCCCCC#CCCOC1CCCCO1. The fraction of sp³-hybridized carbons (Fsp3) is 0.810. The van der Waals surface area contributed by atoms with Crippen LogP contribution in [0.4, 0.5) is 0 Å². The summed E-state index contributed by atoms with van der Waals surface area (Å²) in [6.07, 6.45) is 8.52. The Kier molecular flexibility index (Phi) is 9.75. The van der Waals surface area contributed by atoms with Gasteiger partial charge in [0.05, 0.1) is 6.61 Å². The van der Waals surface area contributed by atoms with Crippen LogP contribution in [-0.4, -0.2) is 27.6 Å². The Hall–Kier alpha value is -0.743. The molecule has 0 aliphatic carbocycles. The standard InChI is InChI=1S/C21H36O2Si/c1-21(2,3)24(4,5)19-15-11-9-7-6-8-10-13-17-22-20-16-12-14-18-23-20/h20H,6-7,9,11-14,16-18H2,1-5H3. The predicted octanol–water partition coefficient (Wildman–Crippen LogP) is 5.53. The summed E-state index contributed by atoms with van der Waals surface area (Å²) in [6.45, 7) is 13.2. The van der Waals surface area contributed by atoms with Gasteiger partial charge in [-0.15, -0.1) is 23.3 Å². The van der Waals surface area contributed by atoms with Crippen LogP contribution >= 0.6 is 0 Å². The molecule has 1 fully saturated rings. The van der Waals surface area contributed by atoms with Gasteiger partial charge in [0.15, 0.2) is 6.29 Å². The zero-order valence-electron chi connectivity index (χ0n) is 16.5. The summed E-state index contributed by atoms with van der Waals surface area (Å²) in [5.41, 5.74) is 3.57. The molecule has 0 N–H and O–H groups in total. The Morgan fingerprint density at radius 3 is 2.29 bits per heavy atom. The summed E-state index contributed by atoms with van der Waals surface area (Å²) >= 11 is 0. The topological polar surface area (TPSA) is 18.5 Å². The van der Waals surface area contributed by atoms with E-state index in [4.69, 9.17) is 9.47 Å². The van der Waals surface area contributed by atoms with Crippen molar-refractivity contribution in [3.05, 3.63) is 0 Å². The summed E-state index contributed by atoms with van der Waals surface area (Å²) < 4.78 is 11.2. The van der Waals surface area contributed by atoms with Gasteiger partial charge in [-0.05, 0) is 37.1 Å². The Morgan fingerprint density at radius 2 is 1.67 bits per heavy atom. The van der Waals surface area contributed by atoms with E-state index in [0.717, 1.165) is 45.1 Å². The van der Waals surface area contributed by atoms with E-state index in [1.54, 1.807) is 0 Å². The smallest absolute Gasteiger partial charge is 0.157 e. The molecule has 0 bridgehead atoms. The average Bonchev–Trinajstić information content (AvgIpc) is 2.52. The average molecular weight is 349 g/mol. The van der Waals surface area contributed by atoms with Crippen molar-refractivity contribution in [2.24, 2.45) is 0 Å². The summed E-state index contributed by atoms with van der Waals surface area (Å²) in [5, 5.41) is 0.357. The second-order valence-corrected chi connectivity index (χ2v) is 13.2. The van der Waals surface area contributed by atoms with Gasteiger partial charge < -0.3 is 9.47 Å². The fourth-order valence-corrected chi connectivity index (χ4v) is 3.10. The van der Waals surface area contributed by atoms with Gasteiger partial charge in [0.25, 0.3) is 0 Å². The van der Waals surface area contributed by atoms with Crippen molar-refractivity contribution in [3.8, 4) is 23.3 Å². The monoisotopic (exact) mass is 348 g/mol. The van der Waals surface area contributed by atoms with E-state index in [0.29, 0.717) is 11.6 Å². The summed E-state index contributed by atoms with van der Waals surface area (Å²) in [7, 11) is -1.42. The highest BCUT2D eigenvalue weighted by atomic mass is 28.3. The van der Waals surface area contributed by atoms with Crippen molar-refractivity contribution in [1.29, 1.82) is 0 Å². The van der Waals surface area contributed by atoms with Crippen LogP contribution in [0, 0.1) is 23.3 Å². The van der Waals surface area contributed by atoms with Crippen LogP contribution in [0.2, 0.25) is 18.1 Å². The third-order valence-electron chi connectivity index (χ3n) is 4.92. The molecule has 1 unspecified atom stereocenters. The number of ether oxygens (including phenoxy) is 2. The number of rotatable bonds is 6. The van der Waals surface area contributed by atoms with Crippen molar-refractivity contribution >= 4 is 8.07 Å². The zero-order valence-corrected chi connectivity index (χ0v) is 17.5. The lowest BCUT2D eigenvalue weighted by Crippen LogP contribution is -2.35. The quantitative estimate of drug-likeness (QED) is 0.357. The molecule has 1 rings (SSSR count). The maximum Gasteiger partial charge on any atom is 0.157 e. The lowest BCUT2D eigenvalue weighted by molar-refractivity contribution is -0.161. The van der Waals surface area contributed by atoms with E-state index < -0.39 is 8.07 Å². The molecular formula is C21H36O2Si. The molecule has 0 aromatic rings. The van der Waals surface area contributed by atoms with E-state index in [9.17, 15) is 0 Å². The molecule has 0 saturated carbocycles. The van der Waals surface area contributed by atoms with Crippen LogP contribution in [0.25, 0.3) is 0 Å². The van der Waals surface area contributed by atoms with Crippen LogP contribution in [0.5, 0.6) is 0 Å². The van der Waals surface area contributed by atoms with E-state index in [2.05, 4.69) is 57.2 Å². The van der Waals surface area contributed by atoms with Gasteiger partial charge in [-0.25, -0.2) is 0 Å². The normalized spacial score (nSPS) is 18.3. The Bertz CT molecular complexity index is 462. The zero-order chi connectivity index (χ0) is 17.9. The van der Waals surface area contributed by atoms with E-state index in [-0.39, 0.29) is 6.29 Å². The summed E-state index contributed by atoms with van der Waals surface area (Å²) in [4.78, 5) is 0. The van der Waals surface area contributed by atoms with Crippen molar-refractivity contribution in [2.75, 3.05) is 13.2 Å². The van der Waals surface area contributed by atoms with Gasteiger partial charge in [-0.2, -0.15) is 0 Å². The summed E-state index contributed by atoms with van der Waals surface area (Å²) in [6, 6.07) is 0. The number of hydrogen-bond acceptors (Lipinski definition) is 2. The minimum Gasteiger partial charge on any atom is -0.353 e. The number of hydrogen-bond donors (Lipinski definition) is 0. The molecule has 0 spiro atoms. The third kappa shape index (κ3) is 8.93. The highest BCUT2D eigenvalue weighted by Crippen LogP contribution is 2.35. The van der Waals surface area contributed by atoms with Gasteiger partial charge in [0, 0.05) is 25.9 Å². The first-order chi connectivity index (χ1) is 11.3. The van der Waals surface area contributed by atoms with Crippen molar-refractivity contribution in [1.82, 2.24) is 0 Å². The van der Waals surface area contributed by atoms with Gasteiger partial charge in [-0.3, -0.25) is 0 Å². The van der Waals surface area contributed by atoms with E-state index >= 15 is 0 Å². The molecule has 1 heterocycles. The first-order valence-electron chi connectivity index (χ1n) is 9.52. The molecule has 0 aromatic heterocycles. The molecule has 2 nitrogen and oxygen atoms in total. The molecule has 0 amide bonds. The second kappa shape index (κ2) is 11.0. The van der Waals surface area contributed by atoms with Crippen LogP contribution in [0.1, 0.15) is 72.1 Å². The van der Waals surface area contributed by atoms with Crippen molar-refractivity contribution in [2.45, 2.75) is 96.6 Å². The first-order valence-corrected chi connectivity index (χ1v) is 12.5. The molecule has 0 aromatic carbocycles. The molecule has 1 atom stereocenters. The largest absolute Gasteiger partial charge is 0.353 e. The third-order valence-corrected chi connectivity index (χ3v) is 9.47. The van der Waals surface area contributed by atoms with Gasteiger partial charge in [-0.1, -0.05) is 33.9 Å². The Balaban J connectivity index is 2.03. The molecule has 24 heavy (non-hydrogen) atoms.